The molecule has 3 aromatic rings. The number of benzene rings is 2. The summed E-state index contributed by atoms with van der Waals surface area (Å²) in [6, 6.07) is 16.1. The predicted octanol–water partition coefficient (Wildman–Crippen LogP) is 4.11. The number of para-hydroxylation sites is 2. The van der Waals surface area contributed by atoms with E-state index < -0.39 is 0 Å². The molecule has 1 aliphatic rings. The number of carbonyl (C=O) groups excluding carboxylic acids is 1. The van der Waals surface area contributed by atoms with Crippen molar-refractivity contribution in [1.29, 1.82) is 0 Å². The van der Waals surface area contributed by atoms with Gasteiger partial charge in [-0.3, -0.25) is 4.79 Å². The van der Waals surface area contributed by atoms with Gasteiger partial charge in [-0.25, -0.2) is 4.98 Å². The van der Waals surface area contributed by atoms with Gasteiger partial charge in [0, 0.05) is 0 Å². The molecule has 1 heterocycles. The lowest BCUT2D eigenvalue weighted by Crippen LogP contribution is -2.32. The summed E-state index contributed by atoms with van der Waals surface area (Å²) in [5.74, 6) is 0.329. The number of fused-ring (bicyclic) bond motifs is 2. The summed E-state index contributed by atoms with van der Waals surface area (Å²) >= 11 is 1.33. The van der Waals surface area contributed by atoms with Crippen molar-refractivity contribution in [3.8, 4) is 0 Å². The first kappa shape index (κ1) is 15.3. The molecule has 0 aliphatic heterocycles. The van der Waals surface area contributed by atoms with Crippen molar-refractivity contribution in [2.45, 2.75) is 30.5 Å². The second kappa shape index (κ2) is 6.69. The molecule has 1 aliphatic carbocycles. The first-order valence-corrected chi connectivity index (χ1v) is 9.14. The van der Waals surface area contributed by atoms with Crippen LogP contribution in [0, 0.1) is 0 Å². The van der Waals surface area contributed by atoms with Crippen LogP contribution in [0.2, 0.25) is 0 Å². The smallest absolute Gasteiger partial charge is 0.257 e. The van der Waals surface area contributed by atoms with Crippen LogP contribution in [0.5, 0.6) is 0 Å². The van der Waals surface area contributed by atoms with E-state index in [1.807, 2.05) is 30.3 Å². The van der Waals surface area contributed by atoms with Crippen molar-refractivity contribution in [3.63, 3.8) is 0 Å². The number of amides is 1. The Balaban J connectivity index is 1.39. The molecule has 24 heavy (non-hydrogen) atoms. The third kappa shape index (κ3) is 3.17. The van der Waals surface area contributed by atoms with E-state index >= 15 is 0 Å². The number of aryl methyl sites for hydroxylation is 1. The van der Waals surface area contributed by atoms with Crippen molar-refractivity contribution in [1.82, 2.24) is 10.3 Å². The van der Waals surface area contributed by atoms with Gasteiger partial charge in [-0.05, 0) is 42.5 Å². The van der Waals surface area contributed by atoms with Crippen LogP contribution < -0.4 is 5.32 Å². The average Bonchev–Trinajstić information content (AvgIpc) is 3.03. The summed E-state index contributed by atoms with van der Waals surface area (Å²) in [6.45, 7) is 0. The van der Waals surface area contributed by atoms with E-state index in [4.69, 9.17) is 4.42 Å². The van der Waals surface area contributed by atoms with Gasteiger partial charge in [0.1, 0.15) is 5.52 Å². The number of thioether (sulfide) groups is 1. The number of carbonyl (C=O) groups is 1. The molecule has 5 heteroatoms. The van der Waals surface area contributed by atoms with E-state index in [1.54, 1.807) is 0 Å². The van der Waals surface area contributed by atoms with Crippen LogP contribution in [0.4, 0.5) is 0 Å². The maximum absolute atomic E-state index is 12.3. The van der Waals surface area contributed by atoms with Gasteiger partial charge in [0.15, 0.2) is 5.58 Å². The monoisotopic (exact) mass is 338 g/mol. The summed E-state index contributed by atoms with van der Waals surface area (Å²) in [6.07, 6.45) is 3.21. The van der Waals surface area contributed by atoms with Crippen LogP contribution in [0.25, 0.3) is 11.1 Å². The van der Waals surface area contributed by atoms with Crippen molar-refractivity contribution in [3.05, 3.63) is 59.7 Å². The molecule has 1 unspecified atom stereocenters. The summed E-state index contributed by atoms with van der Waals surface area (Å²) in [5.41, 5.74) is 4.17. The Bertz CT molecular complexity index is 841. The highest BCUT2D eigenvalue weighted by Crippen LogP contribution is 2.30. The second-order valence-electron chi connectivity index (χ2n) is 5.95. The van der Waals surface area contributed by atoms with Gasteiger partial charge in [-0.15, -0.1) is 0 Å². The summed E-state index contributed by atoms with van der Waals surface area (Å²) in [4.78, 5) is 16.7. The number of nitrogens with zero attached hydrogens (tertiary/aromatic N) is 1. The zero-order valence-electron chi connectivity index (χ0n) is 13.2. The molecule has 122 valence electrons. The lowest BCUT2D eigenvalue weighted by atomic mass is 9.88. The Morgan fingerprint density at radius 2 is 2.04 bits per heavy atom. The zero-order chi connectivity index (χ0) is 16.4. The van der Waals surface area contributed by atoms with Crippen molar-refractivity contribution < 1.29 is 9.21 Å². The number of nitrogens with one attached hydrogen (secondary N) is 1. The van der Waals surface area contributed by atoms with Gasteiger partial charge in [-0.2, -0.15) is 0 Å². The molecule has 2 aromatic carbocycles. The van der Waals surface area contributed by atoms with Crippen LogP contribution in [0.1, 0.15) is 30.0 Å². The number of rotatable bonds is 4. The topological polar surface area (TPSA) is 55.1 Å². The molecule has 0 saturated heterocycles. The first-order chi connectivity index (χ1) is 11.8. The normalized spacial score (nSPS) is 16.8. The first-order valence-electron chi connectivity index (χ1n) is 8.15. The van der Waals surface area contributed by atoms with Gasteiger partial charge in [-0.1, -0.05) is 48.2 Å². The molecule has 0 bridgehead atoms. The van der Waals surface area contributed by atoms with Gasteiger partial charge >= 0.3 is 0 Å². The minimum Gasteiger partial charge on any atom is -0.431 e. The number of aromatic nitrogens is 1. The number of oxazole rings is 1. The summed E-state index contributed by atoms with van der Waals surface area (Å²) < 4.78 is 5.64. The SMILES string of the molecule is O=C(CSc1nc2ccccc2o1)NC1CCCc2ccccc21. The molecule has 0 fully saturated rings. The molecule has 0 saturated carbocycles. The molecule has 4 nitrogen and oxygen atoms in total. The zero-order valence-corrected chi connectivity index (χ0v) is 14.0. The minimum absolute atomic E-state index is 0.0176. The van der Waals surface area contributed by atoms with Crippen molar-refractivity contribution in [2.75, 3.05) is 5.75 Å². The van der Waals surface area contributed by atoms with Crippen molar-refractivity contribution >= 4 is 28.8 Å². The third-order valence-electron chi connectivity index (χ3n) is 4.31. The quantitative estimate of drug-likeness (QED) is 0.727. The van der Waals surface area contributed by atoms with E-state index in [2.05, 4.69) is 28.5 Å². The van der Waals surface area contributed by atoms with Crippen LogP contribution in [-0.4, -0.2) is 16.6 Å². The predicted molar refractivity (Wildman–Crippen MR) is 95.0 cm³/mol. The summed E-state index contributed by atoms with van der Waals surface area (Å²) in [5, 5.41) is 3.69. The molecule has 0 radical (unpaired) electrons. The van der Waals surface area contributed by atoms with Crippen LogP contribution in [-0.2, 0) is 11.2 Å². The van der Waals surface area contributed by atoms with E-state index in [1.165, 1.54) is 22.9 Å². The van der Waals surface area contributed by atoms with Crippen LogP contribution in [0.3, 0.4) is 0 Å². The van der Waals surface area contributed by atoms with E-state index in [0.29, 0.717) is 11.0 Å². The van der Waals surface area contributed by atoms with Crippen LogP contribution in [0.15, 0.2) is 58.2 Å². The minimum atomic E-state index is 0.0176. The Kier molecular flexibility index (Phi) is 4.26. The Labute approximate surface area is 144 Å². The Morgan fingerprint density at radius 1 is 1.21 bits per heavy atom. The molecule has 1 amide bonds. The highest BCUT2D eigenvalue weighted by molar-refractivity contribution is 7.99. The third-order valence-corrected chi connectivity index (χ3v) is 5.13. The number of hydrogen-bond donors (Lipinski definition) is 1. The maximum Gasteiger partial charge on any atom is 0.257 e. The molecular weight excluding hydrogens is 320 g/mol. The van der Waals surface area contributed by atoms with E-state index in [9.17, 15) is 4.79 Å². The lowest BCUT2D eigenvalue weighted by molar-refractivity contribution is -0.119. The van der Waals surface area contributed by atoms with E-state index in [-0.39, 0.29) is 11.9 Å². The Morgan fingerprint density at radius 3 is 2.96 bits per heavy atom. The molecule has 4 rings (SSSR count). The largest absolute Gasteiger partial charge is 0.431 e. The fourth-order valence-corrected chi connectivity index (χ4v) is 3.83. The van der Waals surface area contributed by atoms with Gasteiger partial charge in [0.25, 0.3) is 5.22 Å². The fourth-order valence-electron chi connectivity index (χ4n) is 3.18. The number of hydrogen-bond acceptors (Lipinski definition) is 4. The molecule has 1 aromatic heterocycles. The van der Waals surface area contributed by atoms with Gasteiger partial charge in [0.05, 0.1) is 11.8 Å². The molecule has 1 N–H and O–H groups in total. The fraction of sp³-hybridized carbons (Fsp3) is 0.263. The summed E-state index contributed by atoms with van der Waals surface area (Å²) in [7, 11) is 0. The van der Waals surface area contributed by atoms with Crippen molar-refractivity contribution in [2.24, 2.45) is 0 Å². The van der Waals surface area contributed by atoms with Gasteiger partial charge < -0.3 is 9.73 Å². The molecular formula is C19H18N2O2S. The van der Waals surface area contributed by atoms with E-state index in [0.717, 1.165) is 30.4 Å². The molecule has 1 atom stereocenters. The highest BCUT2D eigenvalue weighted by Gasteiger charge is 2.21. The second-order valence-corrected chi connectivity index (χ2v) is 6.87. The molecule has 0 spiro atoms. The lowest BCUT2D eigenvalue weighted by Gasteiger charge is -2.26. The standard InChI is InChI=1S/C19H18N2O2S/c22-18(12-24-19-21-16-9-3-4-11-17(16)23-19)20-15-10-5-7-13-6-1-2-8-14(13)15/h1-4,6,8-9,11,15H,5,7,10,12H2,(H,20,22). The average molecular weight is 338 g/mol. The maximum atomic E-state index is 12.3. The Hall–Kier alpha value is -2.27. The highest BCUT2D eigenvalue weighted by atomic mass is 32.2. The van der Waals surface area contributed by atoms with Gasteiger partial charge in [0.2, 0.25) is 5.91 Å². The van der Waals surface area contributed by atoms with Crippen LogP contribution >= 0.6 is 11.8 Å².